The van der Waals surface area contributed by atoms with Gasteiger partial charge in [-0.3, -0.25) is 9.44 Å². The van der Waals surface area contributed by atoms with Crippen LogP contribution in [0.2, 0.25) is 0 Å². The molecule has 11 heteroatoms. The summed E-state index contributed by atoms with van der Waals surface area (Å²) in [6, 6.07) is 11.5. The summed E-state index contributed by atoms with van der Waals surface area (Å²) in [5.74, 6) is -2.03. The number of nitrogens with zero attached hydrogens (tertiary/aromatic N) is 1. The molecule has 0 radical (unpaired) electrons. The summed E-state index contributed by atoms with van der Waals surface area (Å²) in [5, 5.41) is 0. The van der Waals surface area contributed by atoms with Gasteiger partial charge in [-0.2, -0.15) is 0 Å². The lowest BCUT2D eigenvalue weighted by atomic mass is 10.3. The van der Waals surface area contributed by atoms with E-state index in [4.69, 9.17) is 0 Å². The van der Waals surface area contributed by atoms with Crippen molar-refractivity contribution in [2.24, 2.45) is 0 Å². The highest BCUT2D eigenvalue weighted by Gasteiger charge is 2.20. The number of hydrogen-bond acceptors (Lipinski definition) is 5. The number of anilines is 2. The molecule has 2 aromatic carbocycles. The van der Waals surface area contributed by atoms with Crippen LogP contribution in [0.3, 0.4) is 0 Å². The van der Waals surface area contributed by atoms with Gasteiger partial charge in [0.25, 0.3) is 20.0 Å². The van der Waals surface area contributed by atoms with Crippen LogP contribution >= 0.6 is 0 Å². The third-order valence-electron chi connectivity index (χ3n) is 3.50. The summed E-state index contributed by atoms with van der Waals surface area (Å²) < 4.78 is 80.2. The van der Waals surface area contributed by atoms with E-state index in [1.54, 1.807) is 12.1 Å². The fourth-order valence-corrected chi connectivity index (χ4v) is 4.35. The predicted molar refractivity (Wildman–Crippen MR) is 98.7 cm³/mol. The molecule has 0 aliphatic heterocycles. The Kier molecular flexibility index (Phi) is 5.29. The number of aromatic nitrogens is 1. The molecule has 3 aromatic rings. The molecule has 0 atom stereocenters. The van der Waals surface area contributed by atoms with Crippen LogP contribution in [-0.2, 0) is 20.0 Å². The highest BCUT2D eigenvalue weighted by Crippen LogP contribution is 2.22. The van der Waals surface area contributed by atoms with Gasteiger partial charge in [0.15, 0.2) is 0 Å². The minimum Gasteiger partial charge on any atom is -0.280 e. The summed E-state index contributed by atoms with van der Waals surface area (Å²) in [4.78, 5) is 2.99. The van der Waals surface area contributed by atoms with Gasteiger partial charge in [-0.05, 0) is 48.5 Å². The minimum absolute atomic E-state index is 0.000473. The largest absolute Gasteiger partial charge is 0.280 e. The monoisotopic (exact) mass is 425 g/mol. The van der Waals surface area contributed by atoms with Gasteiger partial charge in [0.05, 0.1) is 4.90 Å². The fraction of sp³-hybridized carbons (Fsp3) is 0. The molecule has 146 valence electrons. The molecule has 0 bridgehead atoms. The molecule has 0 aliphatic rings. The quantitative estimate of drug-likeness (QED) is 0.632. The van der Waals surface area contributed by atoms with Gasteiger partial charge in [-0.1, -0.05) is 6.07 Å². The second kappa shape index (κ2) is 7.52. The molecule has 0 saturated carbocycles. The molecule has 28 heavy (non-hydrogen) atoms. The molecule has 0 unspecified atom stereocenters. The highest BCUT2D eigenvalue weighted by atomic mass is 32.2. The number of benzene rings is 2. The molecule has 0 saturated heterocycles. The van der Waals surface area contributed by atoms with Crippen molar-refractivity contribution >= 4 is 31.6 Å². The lowest BCUT2D eigenvalue weighted by Gasteiger charge is -2.10. The van der Waals surface area contributed by atoms with Crippen molar-refractivity contribution in [3.8, 4) is 0 Å². The number of pyridine rings is 1. The lowest BCUT2D eigenvalue weighted by Crippen LogP contribution is -2.16. The number of sulfonamides is 2. The van der Waals surface area contributed by atoms with Gasteiger partial charge >= 0.3 is 0 Å². The Morgan fingerprint density at radius 3 is 2.11 bits per heavy atom. The molecule has 7 nitrogen and oxygen atoms in total. The normalized spacial score (nSPS) is 11.8. The number of rotatable bonds is 6. The first kappa shape index (κ1) is 19.7. The third kappa shape index (κ3) is 4.43. The van der Waals surface area contributed by atoms with E-state index in [1.165, 1.54) is 36.5 Å². The van der Waals surface area contributed by atoms with Gasteiger partial charge in [-0.25, -0.2) is 30.6 Å². The zero-order valence-electron chi connectivity index (χ0n) is 14.0. The minimum atomic E-state index is -4.32. The van der Waals surface area contributed by atoms with Crippen molar-refractivity contribution in [3.05, 3.63) is 78.5 Å². The molecule has 0 aliphatic carbocycles. The van der Waals surface area contributed by atoms with Gasteiger partial charge < -0.3 is 0 Å². The van der Waals surface area contributed by atoms with Gasteiger partial charge in [0, 0.05) is 18.0 Å². The number of hydrogen-bond donors (Lipinski definition) is 2. The Balaban J connectivity index is 1.81. The first-order valence-electron chi connectivity index (χ1n) is 7.69. The van der Waals surface area contributed by atoms with E-state index in [0.29, 0.717) is 6.07 Å². The van der Waals surface area contributed by atoms with E-state index in [1.807, 2.05) is 0 Å². The standard InChI is InChI=1S/C17H13F2N3O4S2/c18-12-4-9-16(15(19)11-12)28(25,26)21-13-5-7-14(8-6-13)27(23,24)22-17-3-1-2-10-20-17/h1-11,21H,(H,20,22). The summed E-state index contributed by atoms with van der Waals surface area (Å²) in [5.41, 5.74) is 0.000473. The van der Waals surface area contributed by atoms with E-state index in [-0.39, 0.29) is 16.4 Å². The molecule has 1 aromatic heterocycles. The smallest absolute Gasteiger partial charge is 0.264 e. The predicted octanol–water partition coefficient (Wildman–Crippen LogP) is 2.96. The van der Waals surface area contributed by atoms with Crippen LogP contribution in [0.5, 0.6) is 0 Å². The second-order valence-corrected chi connectivity index (χ2v) is 8.86. The Labute approximate surface area is 160 Å². The summed E-state index contributed by atoms with van der Waals surface area (Å²) in [6.07, 6.45) is 1.42. The van der Waals surface area contributed by atoms with E-state index in [9.17, 15) is 25.6 Å². The summed E-state index contributed by atoms with van der Waals surface area (Å²) in [7, 11) is -8.25. The van der Waals surface area contributed by atoms with Gasteiger partial charge in [0.2, 0.25) is 0 Å². The molecular formula is C17H13F2N3O4S2. The zero-order chi connectivity index (χ0) is 20.4. The fourth-order valence-electron chi connectivity index (χ4n) is 2.23. The van der Waals surface area contributed by atoms with E-state index >= 15 is 0 Å². The van der Waals surface area contributed by atoms with Crippen LogP contribution in [0, 0.1) is 11.6 Å². The highest BCUT2D eigenvalue weighted by molar-refractivity contribution is 7.93. The maximum atomic E-state index is 13.7. The van der Waals surface area contributed by atoms with Gasteiger partial charge in [0.1, 0.15) is 22.3 Å². The van der Waals surface area contributed by atoms with Crippen molar-refractivity contribution in [2.75, 3.05) is 9.44 Å². The van der Waals surface area contributed by atoms with Crippen LogP contribution in [0.1, 0.15) is 0 Å². The Hall–Kier alpha value is -3.05. The van der Waals surface area contributed by atoms with Crippen LogP contribution in [-0.4, -0.2) is 21.8 Å². The molecule has 0 amide bonds. The van der Waals surface area contributed by atoms with Crippen molar-refractivity contribution in [1.29, 1.82) is 0 Å². The van der Waals surface area contributed by atoms with Gasteiger partial charge in [-0.15, -0.1) is 0 Å². The van der Waals surface area contributed by atoms with Crippen LogP contribution in [0.15, 0.2) is 76.7 Å². The Morgan fingerprint density at radius 1 is 0.786 bits per heavy atom. The zero-order valence-corrected chi connectivity index (χ0v) is 15.6. The van der Waals surface area contributed by atoms with Crippen molar-refractivity contribution in [1.82, 2.24) is 4.98 Å². The Bertz CT molecular complexity index is 1200. The van der Waals surface area contributed by atoms with E-state index in [2.05, 4.69) is 14.4 Å². The van der Waals surface area contributed by atoms with E-state index < -0.39 is 36.6 Å². The second-order valence-electron chi connectivity index (χ2n) is 5.53. The summed E-state index contributed by atoms with van der Waals surface area (Å²) >= 11 is 0. The number of halogens is 2. The number of nitrogens with one attached hydrogen (secondary N) is 2. The maximum absolute atomic E-state index is 13.7. The average molecular weight is 425 g/mol. The van der Waals surface area contributed by atoms with Crippen molar-refractivity contribution in [3.63, 3.8) is 0 Å². The average Bonchev–Trinajstić information content (AvgIpc) is 2.62. The molecule has 1 heterocycles. The topological polar surface area (TPSA) is 105 Å². The van der Waals surface area contributed by atoms with Crippen molar-refractivity contribution < 1.29 is 25.6 Å². The van der Waals surface area contributed by atoms with Crippen LogP contribution in [0.25, 0.3) is 0 Å². The molecular weight excluding hydrogens is 412 g/mol. The van der Waals surface area contributed by atoms with Crippen LogP contribution < -0.4 is 9.44 Å². The van der Waals surface area contributed by atoms with E-state index in [0.717, 1.165) is 12.1 Å². The third-order valence-corrected chi connectivity index (χ3v) is 6.29. The SMILES string of the molecule is O=S(=O)(Nc1ccccn1)c1ccc(NS(=O)(=O)c2ccc(F)cc2F)cc1. The van der Waals surface area contributed by atoms with Crippen LogP contribution in [0.4, 0.5) is 20.3 Å². The Morgan fingerprint density at radius 2 is 1.50 bits per heavy atom. The molecule has 3 rings (SSSR count). The summed E-state index contributed by atoms with van der Waals surface area (Å²) in [6.45, 7) is 0. The first-order chi connectivity index (χ1) is 13.2. The van der Waals surface area contributed by atoms with Crippen molar-refractivity contribution in [2.45, 2.75) is 9.79 Å². The molecule has 2 N–H and O–H groups in total. The molecule has 0 spiro atoms. The first-order valence-corrected chi connectivity index (χ1v) is 10.7. The maximum Gasteiger partial charge on any atom is 0.264 e. The lowest BCUT2D eigenvalue weighted by molar-refractivity contribution is 0.551. The molecule has 0 fully saturated rings.